The minimum atomic E-state index is -0.283. The zero-order chi connectivity index (χ0) is 22.2. The molecule has 0 radical (unpaired) electrons. The van der Waals surface area contributed by atoms with Crippen molar-refractivity contribution in [2.45, 2.75) is 50.5 Å². The first-order chi connectivity index (χ1) is 15.7. The summed E-state index contributed by atoms with van der Waals surface area (Å²) in [5.41, 5.74) is 0.00797. The summed E-state index contributed by atoms with van der Waals surface area (Å²) in [6.07, 6.45) is 10.6. The van der Waals surface area contributed by atoms with Crippen molar-refractivity contribution in [1.29, 1.82) is 0 Å². The summed E-state index contributed by atoms with van der Waals surface area (Å²) in [5.74, 6) is 0.0115. The molecule has 3 aliphatic rings. The summed E-state index contributed by atoms with van der Waals surface area (Å²) in [4.78, 5) is 38.1. The van der Waals surface area contributed by atoms with Crippen molar-refractivity contribution in [3.63, 3.8) is 0 Å². The van der Waals surface area contributed by atoms with Crippen LogP contribution in [0.3, 0.4) is 0 Å². The molecule has 1 aromatic heterocycles. The van der Waals surface area contributed by atoms with E-state index in [0.29, 0.717) is 38.4 Å². The van der Waals surface area contributed by atoms with Gasteiger partial charge in [0.25, 0.3) is 5.91 Å². The molecular weight excluding hydrogens is 410 g/mol. The number of carbonyl (C=O) groups is 2. The van der Waals surface area contributed by atoms with Crippen LogP contribution in [0.15, 0.2) is 18.5 Å². The Morgan fingerprint density at radius 2 is 1.75 bits per heavy atom. The van der Waals surface area contributed by atoms with E-state index in [1.165, 1.54) is 19.3 Å². The van der Waals surface area contributed by atoms with Gasteiger partial charge in [-0.1, -0.05) is 19.3 Å². The summed E-state index contributed by atoms with van der Waals surface area (Å²) in [5, 5.41) is 3.05. The fraction of sp³-hybridized carbons (Fsp3) is 0.739. The van der Waals surface area contributed by atoms with Gasteiger partial charge in [0, 0.05) is 50.7 Å². The van der Waals surface area contributed by atoms with Crippen molar-refractivity contribution in [3.05, 3.63) is 18.5 Å². The van der Waals surface area contributed by atoms with Gasteiger partial charge in [-0.2, -0.15) is 0 Å². The van der Waals surface area contributed by atoms with Crippen LogP contribution in [0.2, 0.25) is 0 Å². The molecule has 3 fully saturated rings. The van der Waals surface area contributed by atoms with Gasteiger partial charge in [-0.3, -0.25) is 14.5 Å². The molecular formula is C23H35N5O4. The average molecular weight is 446 g/mol. The van der Waals surface area contributed by atoms with E-state index in [-0.39, 0.29) is 29.9 Å². The van der Waals surface area contributed by atoms with Gasteiger partial charge < -0.3 is 19.7 Å². The van der Waals surface area contributed by atoms with Crippen molar-refractivity contribution in [3.8, 4) is 0 Å². The second kappa shape index (κ2) is 11.0. The molecule has 1 aliphatic carbocycles. The van der Waals surface area contributed by atoms with Crippen LogP contribution in [0.25, 0.3) is 0 Å². The third-order valence-electron chi connectivity index (χ3n) is 7.09. The van der Waals surface area contributed by atoms with Crippen LogP contribution in [0.1, 0.15) is 44.9 Å². The van der Waals surface area contributed by atoms with Crippen LogP contribution in [0.5, 0.6) is 0 Å². The van der Waals surface area contributed by atoms with Crippen LogP contribution in [-0.4, -0.2) is 84.8 Å². The second-order valence-electron chi connectivity index (χ2n) is 9.08. The van der Waals surface area contributed by atoms with Gasteiger partial charge in [0.15, 0.2) is 6.61 Å². The standard InChI is InChI=1S/C23H35N5O4/c29-20(26-18-23(7-2-1-3-8-23)28-13-15-31-16-14-28)17-32-21(30)19-5-11-27(12-6-19)22-24-9-4-10-25-22/h4,9-10,19H,1-3,5-8,11-18H2,(H,26,29). The van der Waals surface area contributed by atoms with Gasteiger partial charge >= 0.3 is 5.97 Å². The molecule has 9 heteroatoms. The Bertz CT molecular complexity index is 742. The number of ether oxygens (including phenoxy) is 2. The Balaban J connectivity index is 1.20. The van der Waals surface area contributed by atoms with Crippen LogP contribution in [0.4, 0.5) is 5.95 Å². The van der Waals surface area contributed by atoms with Crippen LogP contribution in [-0.2, 0) is 19.1 Å². The predicted octanol–water partition coefficient (Wildman–Crippen LogP) is 1.39. The minimum Gasteiger partial charge on any atom is -0.455 e. The highest BCUT2D eigenvalue weighted by atomic mass is 16.5. The van der Waals surface area contributed by atoms with Crippen LogP contribution < -0.4 is 10.2 Å². The fourth-order valence-corrected chi connectivity index (χ4v) is 5.19. The molecule has 1 amide bonds. The lowest BCUT2D eigenvalue weighted by Crippen LogP contribution is -2.59. The third-order valence-corrected chi connectivity index (χ3v) is 7.09. The lowest BCUT2D eigenvalue weighted by Gasteiger charge is -2.48. The SMILES string of the molecule is O=C(COC(=O)C1CCN(c2ncccn2)CC1)NCC1(N2CCOCC2)CCCCC1. The zero-order valence-corrected chi connectivity index (χ0v) is 18.8. The molecule has 3 heterocycles. The van der Waals surface area contributed by atoms with Crippen molar-refractivity contribution < 1.29 is 19.1 Å². The molecule has 0 spiro atoms. The smallest absolute Gasteiger partial charge is 0.309 e. The first-order valence-electron chi connectivity index (χ1n) is 11.9. The molecule has 32 heavy (non-hydrogen) atoms. The van der Waals surface area contributed by atoms with Gasteiger partial charge in [-0.05, 0) is 31.7 Å². The Kier molecular flexibility index (Phi) is 7.91. The summed E-state index contributed by atoms with van der Waals surface area (Å²) >= 11 is 0. The van der Waals surface area contributed by atoms with E-state index in [4.69, 9.17) is 9.47 Å². The van der Waals surface area contributed by atoms with Crippen LogP contribution in [0, 0.1) is 5.92 Å². The molecule has 0 unspecified atom stereocenters. The van der Waals surface area contributed by atoms with Crippen molar-refractivity contribution in [2.24, 2.45) is 5.92 Å². The number of morpholine rings is 1. The Labute approximate surface area is 189 Å². The quantitative estimate of drug-likeness (QED) is 0.629. The normalized spacial score (nSPS) is 22.3. The number of nitrogens with zero attached hydrogens (tertiary/aromatic N) is 4. The van der Waals surface area contributed by atoms with E-state index in [9.17, 15) is 9.59 Å². The number of aromatic nitrogens is 2. The van der Waals surface area contributed by atoms with E-state index in [0.717, 1.165) is 39.1 Å². The topological polar surface area (TPSA) is 96.9 Å². The number of hydrogen-bond donors (Lipinski definition) is 1. The highest BCUT2D eigenvalue weighted by Gasteiger charge is 2.39. The van der Waals surface area contributed by atoms with E-state index >= 15 is 0 Å². The molecule has 9 nitrogen and oxygen atoms in total. The lowest BCUT2D eigenvalue weighted by molar-refractivity contribution is -0.153. The molecule has 0 aromatic carbocycles. The largest absolute Gasteiger partial charge is 0.455 e. The Morgan fingerprint density at radius 3 is 2.44 bits per heavy atom. The maximum absolute atomic E-state index is 12.5. The van der Waals surface area contributed by atoms with Crippen molar-refractivity contribution in [1.82, 2.24) is 20.2 Å². The minimum absolute atomic E-state index is 0.00797. The second-order valence-corrected chi connectivity index (χ2v) is 9.08. The van der Waals surface area contributed by atoms with Crippen molar-refractivity contribution >= 4 is 17.8 Å². The number of anilines is 1. The molecule has 4 rings (SSSR count). The highest BCUT2D eigenvalue weighted by Crippen LogP contribution is 2.33. The third kappa shape index (κ3) is 5.75. The van der Waals surface area contributed by atoms with Gasteiger partial charge in [0.2, 0.25) is 5.95 Å². The number of esters is 1. The van der Waals surface area contributed by atoms with E-state index < -0.39 is 0 Å². The monoisotopic (exact) mass is 445 g/mol. The zero-order valence-electron chi connectivity index (χ0n) is 18.8. The molecule has 1 N–H and O–H groups in total. The van der Waals surface area contributed by atoms with Gasteiger partial charge in [0.1, 0.15) is 0 Å². The fourth-order valence-electron chi connectivity index (χ4n) is 5.19. The van der Waals surface area contributed by atoms with E-state index in [2.05, 4.69) is 25.1 Å². The van der Waals surface area contributed by atoms with Gasteiger partial charge in [-0.15, -0.1) is 0 Å². The maximum atomic E-state index is 12.5. The molecule has 0 bridgehead atoms. The molecule has 2 aliphatic heterocycles. The summed E-state index contributed by atoms with van der Waals surface area (Å²) < 4.78 is 10.9. The first-order valence-corrected chi connectivity index (χ1v) is 11.9. The Morgan fingerprint density at radius 1 is 1.06 bits per heavy atom. The number of hydrogen-bond acceptors (Lipinski definition) is 8. The summed E-state index contributed by atoms with van der Waals surface area (Å²) in [6, 6.07) is 1.79. The molecule has 1 saturated carbocycles. The number of nitrogens with one attached hydrogen (secondary N) is 1. The molecule has 1 aromatic rings. The van der Waals surface area contributed by atoms with E-state index in [1.807, 2.05) is 0 Å². The number of amides is 1. The Hall–Kier alpha value is -2.26. The number of rotatable bonds is 7. The first kappa shape index (κ1) is 22.9. The highest BCUT2D eigenvalue weighted by molar-refractivity contribution is 5.81. The van der Waals surface area contributed by atoms with Crippen LogP contribution >= 0.6 is 0 Å². The van der Waals surface area contributed by atoms with Gasteiger partial charge in [0.05, 0.1) is 19.1 Å². The maximum Gasteiger partial charge on any atom is 0.309 e. The molecule has 176 valence electrons. The number of piperidine rings is 1. The van der Waals surface area contributed by atoms with Crippen molar-refractivity contribution in [2.75, 3.05) is 57.4 Å². The summed E-state index contributed by atoms with van der Waals surface area (Å²) in [6.45, 7) is 5.15. The van der Waals surface area contributed by atoms with Gasteiger partial charge in [-0.25, -0.2) is 9.97 Å². The summed E-state index contributed by atoms with van der Waals surface area (Å²) in [7, 11) is 0. The lowest BCUT2D eigenvalue weighted by atomic mass is 9.79. The average Bonchev–Trinajstić information content (AvgIpc) is 2.88. The molecule has 0 atom stereocenters. The predicted molar refractivity (Wildman–Crippen MR) is 119 cm³/mol. The number of carbonyl (C=O) groups excluding carboxylic acids is 2. The molecule has 2 saturated heterocycles. The van der Waals surface area contributed by atoms with E-state index in [1.54, 1.807) is 18.5 Å².